The van der Waals surface area contributed by atoms with Crippen molar-refractivity contribution in [1.82, 2.24) is 9.97 Å². The molecule has 1 N–H and O–H groups in total. The van der Waals surface area contributed by atoms with Crippen LogP contribution in [0.1, 0.15) is 40.6 Å². The Morgan fingerprint density at radius 2 is 2.07 bits per heavy atom. The van der Waals surface area contributed by atoms with Crippen LogP contribution in [0.3, 0.4) is 0 Å². The predicted octanol–water partition coefficient (Wildman–Crippen LogP) is 4.80. The zero-order valence-corrected chi connectivity index (χ0v) is 16.8. The van der Waals surface area contributed by atoms with E-state index in [4.69, 9.17) is 0 Å². The van der Waals surface area contributed by atoms with Crippen molar-refractivity contribution in [2.45, 2.75) is 33.6 Å². The fraction of sp³-hybridized carbons (Fsp3) is 0.381. The Hall–Kier alpha value is -2.47. The molecule has 3 aromatic rings. The number of anilines is 2. The van der Waals surface area contributed by atoms with Gasteiger partial charge in [0, 0.05) is 23.7 Å². The number of nitrogens with one attached hydrogen (secondary N) is 1. The first-order valence-electron chi connectivity index (χ1n) is 9.40. The third-order valence-corrected chi connectivity index (χ3v) is 6.23. The molecule has 1 fully saturated rings. The van der Waals surface area contributed by atoms with Crippen molar-refractivity contribution in [2.75, 3.05) is 23.3 Å². The Morgan fingerprint density at radius 3 is 2.85 bits per heavy atom. The van der Waals surface area contributed by atoms with Crippen LogP contribution in [0.4, 0.5) is 11.5 Å². The molecule has 4 rings (SSSR count). The van der Waals surface area contributed by atoms with Gasteiger partial charge in [0.2, 0.25) is 0 Å². The van der Waals surface area contributed by atoms with E-state index in [1.54, 1.807) is 17.7 Å². The molecule has 140 valence electrons. The number of aromatic nitrogens is 2. The largest absolute Gasteiger partial charge is 0.356 e. The van der Waals surface area contributed by atoms with Crippen LogP contribution in [0.25, 0.3) is 10.2 Å². The van der Waals surface area contributed by atoms with E-state index in [0.717, 1.165) is 51.7 Å². The molecular weight excluding hydrogens is 356 g/mol. The van der Waals surface area contributed by atoms with Crippen LogP contribution < -0.4 is 10.2 Å². The molecule has 1 unspecified atom stereocenters. The molecule has 0 bridgehead atoms. The molecule has 6 heteroatoms. The number of rotatable bonds is 3. The Bertz CT molecular complexity index is 997. The van der Waals surface area contributed by atoms with Gasteiger partial charge in [-0.25, -0.2) is 9.97 Å². The van der Waals surface area contributed by atoms with Crippen LogP contribution in [-0.4, -0.2) is 29.0 Å². The third-order valence-electron chi connectivity index (χ3n) is 5.22. The molecule has 27 heavy (non-hydrogen) atoms. The maximum absolute atomic E-state index is 13.2. The highest BCUT2D eigenvalue weighted by Crippen LogP contribution is 2.36. The molecule has 1 atom stereocenters. The maximum atomic E-state index is 13.2. The highest BCUT2D eigenvalue weighted by Gasteiger charge is 2.26. The highest BCUT2D eigenvalue weighted by atomic mass is 32.1. The van der Waals surface area contributed by atoms with Gasteiger partial charge in [0.1, 0.15) is 17.0 Å². The summed E-state index contributed by atoms with van der Waals surface area (Å²) in [5.74, 6) is 1.44. The number of nitrogens with zero attached hydrogens (tertiary/aromatic N) is 3. The van der Waals surface area contributed by atoms with Crippen LogP contribution in [0, 0.1) is 19.8 Å². The molecule has 5 nitrogen and oxygen atoms in total. The average molecular weight is 381 g/mol. The minimum atomic E-state index is -0.0887. The number of hydrogen-bond donors (Lipinski definition) is 1. The first kappa shape index (κ1) is 17.9. The molecule has 0 aliphatic carbocycles. The number of carbonyl (C=O) groups is 1. The minimum Gasteiger partial charge on any atom is -0.356 e. The van der Waals surface area contributed by atoms with Crippen molar-refractivity contribution in [3.05, 3.63) is 46.6 Å². The van der Waals surface area contributed by atoms with Gasteiger partial charge in [-0.2, -0.15) is 0 Å². The number of amides is 1. The Morgan fingerprint density at radius 1 is 1.26 bits per heavy atom. The number of aryl methyl sites for hydroxylation is 2. The molecule has 0 saturated carbocycles. The van der Waals surface area contributed by atoms with Gasteiger partial charge in [0.05, 0.1) is 10.9 Å². The average Bonchev–Trinajstić information content (AvgIpc) is 2.99. The quantitative estimate of drug-likeness (QED) is 0.709. The zero-order valence-electron chi connectivity index (χ0n) is 16.0. The van der Waals surface area contributed by atoms with Crippen LogP contribution in [0.5, 0.6) is 0 Å². The summed E-state index contributed by atoms with van der Waals surface area (Å²) in [5, 5.41) is 3.97. The Kier molecular flexibility index (Phi) is 4.83. The molecule has 1 saturated heterocycles. The molecule has 1 aromatic carbocycles. The summed E-state index contributed by atoms with van der Waals surface area (Å²) in [6.45, 7) is 8.21. The van der Waals surface area contributed by atoms with Crippen LogP contribution in [-0.2, 0) is 0 Å². The van der Waals surface area contributed by atoms with Gasteiger partial charge in [-0.1, -0.05) is 25.1 Å². The second kappa shape index (κ2) is 7.27. The SMILES string of the molecule is Cc1ccccc1NC(=O)c1c(C)sc2ncnc(N3CCCC(C)C3)c12. The van der Waals surface area contributed by atoms with Gasteiger partial charge in [-0.05, 0) is 44.2 Å². The van der Waals surface area contributed by atoms with Crippen molar-refractivity contribution in [1.29, 1.82) is 0 Å². The van der Waals surface area contributed by atoms with Gasteiger partial charge in [0.15, 0.2) is 0 Å². The normalized spacial score (nSPS) is 17.3. The van der Waals surface area contributed by atoms with Gasteiger partial charge < -0.3 is 10.2 Å². The molecule has 0 radical (unpaired) electrons. The molecule has 3 heterocycles. The number of thiophene rings is 1. The molecule has 1 aliphatic heterocycles. The summed E-state index contributed by atoms with van der Waals surface area (Å²) in [6, 6.07) is 7.84. The maximum Gasteiger partial charge on any atom is 0.257 e. The van der Waals surface area contributed by atoms with Crippen molar-refractivity contribution in [3.63, 3.8) is 0 Å². The number of benzene rings is 1. The van der Waals surface area contributed by atoms with E-state index in [1.165, 1.54) is 6.42 Å². The van der Waals surface area contributed by atoms with Gasteiger partial charge >= 0.3 is 0 Å². The van der Waals surface area contributed by atoms with E-state index in [-0.39, 0.29) is 5.91 Å². The van der Waals surface area contributed by atoms with E-state index >= 15 is 0 Å². The third kappa shape index (κ3) is 3.41. The lowest BCUT2D eigenvalue weighted by Gasteiger charge is -2.32. The van der Waals surface area contributed by atoms with E-state index in [2.05, 4.69) is 27.1 Å². The molecule has 1 aliphatic rings. The lowest BCUT2D eigenvalue weighted by Crippen LogP contribution is -2.35. The van der Waals surface area contributed by atoms with Crippen molar-refractivity contribution in [2.24, 2.45) is 5.92 Å². The van der Waals surface area contributed by atoms with E-state index in [9.17, 15) is 4.79 Å². The second-order valence-corrected chi connectivity index (χ2v) is 8.58. The molecule has 0 spiro atoms. The lowest BCUT2D eigenvalue weighted by molar-refractivity contribution is 0.102. The fourth-order valence-corrected chi connectivity index (χ4v) is 4.80. The molecular formula is C21H24N4OS. The predicted molar refractivity (Wildman–Crippen MR) is 112 cm³/mol. The van der Waals surface area contributed by atoms with Crippen molar-refractivity contribution < 1.29 is 4.79 Å². The van der Waals surface area contributed by atoms with Crippen LogP contribution >= 0.6 is 11.3 Å². The number of fused-ring (bicyclic) bond motifs is 1. The van der Waals surface area contributed by atoms with Crippen LogP contribution in [0.2, 0.25) is 0 Å². The number of carbonyl (C=O) groups excluding carboxylic acids is 1. The zero-order chi connectivity index (χ0) is 19.0. The summed E-state index contributed by atoms with van der Waals surface area (Å²) in [7, 11) is 0. The number of piperidine rings is 1. The first-order chi connectivity index (χ1) is 13.0. The Balaban J connectivity index is 1.77. The minimum absolute atomic E-state index is 0.0887. The standard InChI is InChI=1S/C21H24N4OS/c1-13-7-6-10-25(11-13)19-18-17(15(3)27-21(18)23-12-22-19)20(26)24-16-9-5-4-8-14(16)2/h4-5,8-9,12-13H,6-7,10-11H2,1-3H3,(H,24,26). The molecule has 2 aromatic heterocycles. The summed E-state index contributed by atoms with van der Waals surface area (Å²) in [4.78, 5) is 26.4. The van der Waals surface area contributed by atoms with Gasteiger partial charge in [-0.3, -0.25) is 4.79 Å². The topological polar surface area (TPSA) is 58.1 Å². The highest BCUT2D eigenvalue weighted by molar-refractivity contribution is 7.19. The number of hydrogen-bond acceptors (Lipinski definition) is 5. The van der Waals surface area contributed by atoms with E-state index < -0.39 is 0 Å². The van der Waals surface area contributed by atoms with Crippen molar-refractivity contribution >= 4 is 39.0 Å². The van der Waals surface area contributed by atoms with E-state index in [0.29, 0.717) is 11.5 Å². The lowest BCUT2D eigenvalue weighted by atomic mass is 10.00. The summed E-state index contributed by atoms with van der Waals surface area (Å²) in [5.41, 5.74) is 2.59. The number of para-hydroxylation sites is 1. The van der Waals surface area contributed by atoms with E-state index in [1.807, 2.05) is 38.1 Å². The van der Waals surface area contributed by atoms with Gasteiger partial charge in [0.25, 0.3) is 5.91 Å². The smallest absolute Gasteiger partial charge is 0.257 e. The Labute approximate surface area is 163 Å². The fourth-order valence-electron chi connectivity index (χ4n) is 3.82. The summed E-state index contributed by atoms with van der Waals surface area (Å²) < 4.78 is 0. The second-order valence-electron chi connectivity index (χ2n) is 7.37. The monoisotopic (exact) mass is 380 g/mol. The van der Waals surface area contributed by atoms with Gasteiger partial charge in [-0.15, -0.1) is 11.3 Å². The first-order valence-corrected chi connectivity index (χ1v) is 10.2. The summed E-state index contributed by atoms with van der Waals surface area (Å²) in [6.07, 6.45) is 4.02. The summed E-state index contributed by atoms with van der Waals surface area (Å²) >= 11 is 1.56. The van der Waals surface area contributed by atoms with Crippen molar-refractivity contribution in [3.8, 4) is 0 Å². The van der Waals surface area contributed by atoms with Crippen LogP contribution in [0.15, 0.2) is 30.6 Å². The molecule has 1 amide bonds.